The zero-order chi connectivity index (χ0) is 16.8. The van der Waals surface area contributed by atoms with Crippen LogP contribution < -0.4 is 5.32 Å². The van der Waals surface area contributed by atoms with Gasteiger partial charge in [0, 0.05) is 5.92 Å². The predicted octanol–water partition coefficient (Wildman–Crippen LogP) is 3.95. The average molecular weight is 321 g/mol. The number of nitrogens with zero attached hydrogens (tertiary/aromatic N) is 2. The highest BCUT2D eigenvalue weighted by molar-refractivity contribution is 5.94. The maximum Gasteiger partial charge on any atom is 0.228 e. The third-order valence-electron chi connectivity index (χ3n) is 5.43. The summed E-state index contributed by atoms with van der Waals surface area (Å²) < 4.78 is 1.91. The Morgan fingerprint density at radius 3 is 2.50 bits per heavy atom. The SMILES string of the molecule is Cc1ccc(-n2nc(C)c(NC(=O)C3CC4C=CC3C4)c2C)cc1. The van der Waals surface area contributed by atoms with E-state index in [2.05, 4.69) is 53.8 Å². The van der Waals surface area contributed by atoms with Gasteiger partial charge in [0.1, 0.15) is 0 Å². The molecular weight excluding hydrogens is 298 g/mol. The molecule has 1 N–H and O–H groups in total. The number of aromatic nitrogens is 2. The largest absolute Gasteiger partial charge is 0.323 e. The van der Waals surface area contributed by atoms with E-state index in [0.717, 1.165) is 35.6 Å². The zero-order valence-electron chi connectivity index (χ0n) is 14.4. The molecule has 4 heteroatoms. The van der Waals surface area contributed by atoms with Gasteiger partial charge in [0.05, 0.1) is 22.8 Å². The molecule has 1 saturated carbocycles. The van der Waals surface area contributed by atoms with E-state index in [0.29, 0.717) is 11.8 Å². The van der Waals surface area contributed by atoms with E-state index >= 15 is 0 Å². The Hall–Kier alpha value is -2.36. The summed E-state index contributed by atoms with van der Waals surface area (Å²) in [7, 11) is 0. The summed E-state index contributed by atoms with van der Waals surface area (Å²) in [5, 5.41) is 7.78. The predicted molar refractivity (Wildman–Crippen MR) is 95.2 cm³/mol. The number of anilines is 1. The summed E-state index contributed by atoms with van der Waals surface area (Å²) in [6.45, 7) is 6.03. The van der Waals surface area contributed by atoms with E-state index in [1.165, 1.54) is 5.56 Å². The van der Waals surface area contributed by atoms with Crippen LogP contribution in [-0.2, 0) is 4.79 Å². The van der Waals surface area contributed by atoms with Crippen LogP contribution in [0.15, 0.2) is 36.4 Å². The van der Waals surface area contributed by atoms with Gasteiger partial charge in [-0.05, 0) is 57.6 Å². The van der Waals surface area contributed by atoms with Crippen LogP contribution in [0.2, 0.25) is 0 Å². The zero-order valence-corrected chi connectivity index (χ0v) is 14.4. The second-order valence-corrected chi connectivity index (χ2v) is 7.17. The average Bonchev–Trinajstić information content (AvgIpc) is 3.26. The van der Waals surface area contributed by atoms with Crippen LogP contribution in [-0.4, -0.2) is 15.7 Å². The van der Waals surface area contributed by atoms with Gasteiger partial charge < -0.3 is 5.32 Å². The highest BCUT2D eigenvalue weighted by Crippen LogP contribution is 2.44. The van der Waals surface area contributed by atoms with Crippen LogP contribution in [0.5, 0.6) is 0 Å². The number of nitrogens with one attached hydrogen (secondary N) is 1. The fourth-order valence-electron chi connectivity index (χ4n) is 4.06. The molecular formula is C20H23N3O. The minimum absolute atomic E-state index is 0.113. The van der Waals surface area contributed by atoms with Gasteiger partial charge in [-0.1, -0.05) is 29.8 Å². The molecule has 1 amide bonds. The van der Waals surface area contributed by atoms with E-state index < -0.39 is 0 Å². The van der Waals surface area contributed by atoms with Crippen molar-refractivity contribution in [1.82, 2.24) is 9.78 Å². The van der Waals surface area contributed by atoms with Crippen LogP contribution in [0.4, 0.5) is 5.69 Å². The molecule has 3 atom stereocenters. The number of amides is 1. The van der Waals surface area contributed by atoms with Crippen molar-refractivity contribution in [3.8, 4) is 5.69 Å². The number of benzene rings is 1. The molecule has 2 aliphatic rings. The standard InChI is InChI=1S/C20H23N3O/c1-12-4-8-17(9-5-12)23-14(3)19(13(2)22-23)21-20(24)18-11-15-6-7-16(18)10-15/h4-9,15-16,18H,10-11H2,1-3H3,(H,21,24). The Kier molecular flexibility index (Phi) is 3.56. The Morgan fingerprint density at radius 2 is 1.88 bits per heavy atom. The van der Waals surface area contributed by atoms with Crippen molar-refractivity contribution in [1.29, 1.82) is 0 Å². The summed E-state index contributed by atoms with van der Waals surface area (Å²) in [5.41, 5.74) is 4.93. The van der Waals surface area contributed by atoms with Crippen molar-refractivity contribution in [2.75, 3.05) is 5.32 Å². The van der Waals surface area contributed by atoms with Crippen molar-refractivity contribution in [2.45, 2.75) is 33.6 Å². The molecule has 4 rings (SSSR count). The third kappa shape index (κ3) is 2.46. The van der Waals surface area contributed by atoms with Crippen LogP contribution in [0, 0.1) is 38.5 Å². The van der Waals surface area contributed by atoms with Crippen LogP contribution in [0.3, 0.4) is 0 Å². The summed E-state index contributed by atoms with van der Waals surface area (Å²) in [6, 6.07) is 8.26. The normalized spacial score (nSPS) is 24.5. The fraction of sp³-hybridized carbons (Fsp3) is 0.400. The van der Waals surface area contributed by atoms with Gasteiger partial charge in [0.25, 0.3) is 0 Å². The van der Waals surface area contributed by atoms with Gasteiger partial charge in [-0.15, -0.1) is 0 Å². The first-order valence-corrected chi connectivity index (χ1v) is 8.65. The maximum atomic E-state index is 12.7. The third-order valence-corrected chi connectivity index (χ3v) is 5.43. The van der Waals surface area contributed by atoms with Crippen molar-refractivity contribution in [3.05, 3.63) is 53.4 Å². The smallest absolute Gasteiger partial charge is 0.228 e. The molecule has 0 radical (unpaired) electrons. The molecule has 124 valence electrons. The molecule has 0 saturated heterocycles. The Balaban J connectivity index is 1.59. The molecule has 4 nitrogen and oxygen atoms in total. The first kappa shape index (κ1) is 15.2. The molecule has 1 aromatic carbocycles. The molecule has 2 aliphatic carbocycles. The number of carbonyl (C=O) groups excluding carboxylic acids is 1. The summed E-state index contributed by atoms with van der Waals surface area (Å²) >= 11 is 0. The molecule has 1 aromatic heterocycles. The second-order valence-electron chi connectivity index (χ2n) is 7.17. The topological polar surface area (TPSA) is 46.9 Å². The molecule has 2 aromatic rings. The van der Waals surface area contributed by atoms with Gasteiger partial charge in [0.15, 0.2) is 0 Å². The quantitative estimate of drug-likeness (QED) is 0.870. The van der Waals surface area contributed by atoms with Gasteiger partial charge >= 0.3 is 0 Å². The van der Waals surface area contributed by atoms with Gasteiger partial charge in [-0.2, -0.15) is 5.10 Å². The summed E-state index contributed by atoms with van der Waals surface area (Å²) in [5.74, 6) is 1.27. The van der Waals surface area contributed by atoms with Gasteiger partial charge in [-0.3, -0.25) is 4.79 Å². The summed E-state index contributed by atoms with van der Waals surface area (Å²) in [4.78, 5) is 12.7. The number of rotatable bonds is 3. The highest BCUT2D eigenvalue weighted by atomic mass is 16.1. The lowest BCUT2D eigenvalue weighted by atomic mass is 9.93. The van der Waals surface area contributed by atoms with Crippen LogP contribution in [0.1, 0.15) is 29.8 Å². The first-order valence-electron chi connectivity index (χ1n) is 8.65. The van der Waals surface area contributed by atoms with Crippen LogP contribution >= 0.6 is 0 Å². The molecule has 0 spiro atoms. The first-order chi connectivity index (χ1) is 11.5. The van der Waals surface area contributed by atoms with Crippen molar-refractivity contribution in [2.24, 2.45) is 17.8 Å². The Labute approximate surface area is 142 Å². The lowest BCUT2D eigenvalue weighted by Gasteiger charge is -2.17. The molecule has 24 heavy (non-hydrogen) atoms. The lowest BCUT2D eigenvalue weighted by Crippen LogP contribution is -2.26. The molecule has 2 bridgehead atoms. The Bertz CT molecular complexity index is 816. The van der Waals surface area contributed by atoms with Crippen LogP contribution in [0.25, 0.3) is 5.69 Å². The number of hydrogen-bond donors (Lipinski definition) is 1. The molecule has 1 heterocycles. The molecule has 0 aliphatic heterocycles. The highest BCUT2D eigenvalue weighted by Gasteiger charge is 2.40. The fourth-order valence-corrected chi connectivity index (χ4v) is 4.06. The van der Waals surface area contributed by atoms with Crippen molar-refractivity contribution in [3.63, 3.8) is 0 Å². The van der Waals surface area contributed by atoms with E-state index in [9.17, 15) is 4.79 Å². The number of allylic oxidation sites excluding steroid dienone is 2. The number of carbonyl (C=O) groups is 1. The van der Waals surface area contributed by atoms with Gasteiger partial charge in [-0.25, -0.2) is 4.68 Å². The van der Waals surface area contributed by atoms with E-state index in [-0.39, 0.29) is 11.8 Å². The molecule has 1 fully saturated rings. The Morgan fingerprint density at radius 1 is 1.12 bits per heavy atom. The minimum Gasteiger partial charge on any atom is -0.323 e. The van der Waals surface area contributed by atoms with Crippen molar-refractivity contribution >= 4 is 11.6 Å². The lowest BCUT2D eigenvalue weighted by molar-refractivity contribution is -0.120. The number of aryl methyl sites for hydroxylation is 2. The summed E-state index contributed by atoms with van der Waals surface area (Å²) in [6.07, 6.45) is 6.60. The van der Waals surface area contributed by atoms with Gasteiger partial charge in [0.2, 0.25) is 5.91 Å². The van der Waals surface area contributed by atoms with E-state index in [4.69, 9.17) is 0 Å². The number of fused-ring (bicyclic) bond motifs is 2. The minimum atomic E-state index is 0.113. The van der Waals surface area contributed by atoms with E-state index in [1.807, 2.05) is 18.5 Å². The van der Waals surface area contributed by atoms with E-state index in [1.54, 1.807) is 0 Å². The monoisotopic (exact) mass is 321 g/mol. The maximum absolute atomic E-state index is 12.7. The second kappa shape index (κ2) is 5.62. The van der Waals surface area contributed by atoms with Crippen molar-refractivity contribution < 1.29 is 4.79 Å². The molecule has 3 unspecified atom stereocenters. The number of hydrogen-bond acceptors (Lipinski definition) is 2.